The number of pyridine rings is 1. The molecule has 9 nitrogen and oxygen atoms in total. The second-order valence-corrected chi connectivity index (χ2v) is 8.28. The SMILES string of the molecule is [2H]C([2H])([2H])NC(=O)c1cnc(NC(=O)C2CC2)cc1Nc1nn(C)c2ccc(C(C)C(F)(F)F)c(OC)c12. The van der Waals surface area contributed by atoms with E-state index in [1.807, 2.05) is 5.32 Å². The van der Waals surface area contributed by atoms with E-state index in [0.29, 0.717) is 5.52 Å². The fourth-order valence-electron chi connectivity index (χ4n) is 3.74. The van der Waals surface area contributed by atoms with Gasteiger partial charge in [-0.25, -0.2) is 4.98 Å². The Balaban J connectivity index is 1.82. The van der Waals surface area contributed by atoms with Gasteiger partial charge in [0, 0.05) is 41.9 Å². The smallest absolute Gasteiger partial charge is 0.395 e. The Morgan fingerprint density at radius 2 is 2.06 bits per heavy atom. The first-order valence-electron chi connectivity index (χ1n) is 12.2. The zero-order chi connectivity index (χ0) is 28.0. The van der Waals surface area contributed by atoms with Crippen LogP contribution in [0.2, 0.25) is 0 Å². The molecule has 1 fully saturated rings. The zero-order valence-electron chi connectivity index (χ0n) is 22.1. The minimum atomic E-state index is -4.53. The van der Waals surface area contributed by atoms with Crippen molar-refractivity contribution in [3.8, 4) is 5.75 Å². The van der Waals surface area contributed by atoms with Gasteiger partial charge in [0.05, 0.1) is 35.2 Å². The number of aryl methyl sites for hydroxylation is 1. The Labute approximate surface area is 203 Å². The van der Waals surface area contributed by atoms with Gasteiger partial charge in [-0.2, -0.15) is 18.3 Å². The van der Waals surface area contributed by atoms with Crippen LogP contribution in [-0.2, 0) is 11.8 Å². The molecule has 0 aliphatic heterocycles. The summed E-state index contributed by atoms with van der Waals surface area (Å²) in [4.78, 5) is 29.1. The first-order valence-corrected chi connectivity index (χ1v) is 10.7. The summed E-state index contributed by atoms with van der Waals surface area (Å²) >= 11 is 0. The van der Waals surface area contributed by atoms with Crippen molar-refractivity contribution in [1.82, 2.24) is 20.1 Å². The maximum absolute atomic E-state index is 13.6. The van der Waals surface area contributed by atoms with Crippen molar-refractivity contribution in [2.45, 2.75) is 31.9 Å². The van der Waals surface area contributed by atoms with Gasteiger partial charge in [-0.05, 0) is 25.8 Å². The van der Waals surface area contributed by atoms with Crippen molar-refractivity contribution in [2.75, 3.05) is 24.7 Å². The van der Waals surface area contributed by atoms with Crippen LogP contribution >= 0.6 is 0 Å². The third kappa shape index (κ3) is 4.73. The molecule has 2 aromatic heterocycles. The van der Waals surface area contributed by atoms with E-state index in [1.165, 1.54) is 30.0 Å². The van der Waals surface area contributed by atoms with Gasteiger partial charge in [0.15, 0.2) is 5.82 Å². The summed E-state index contributed by atoms with van der Waals surface area (Å²) < 4.78 is 69.6. The molecule has 12 heteroatoms. The summed E-state index contributed by atoms with van der Waals surface area (Å²) in [6, 6.07) is 4.12. The lowest BCUT2D eigenvalue weighted by Gasteiger charge is -2.19. The Bertz CT molecular complexity index is 1400. The molecule has 3 N–H and O–H groups in total. The molecule has 0 radical (unpaired) electrons. The molecule has 1 atom stereocenters. The molecule has 2 amide bonds. The number of hydrogen-bond acceptors (Lipinski definition) is 6. The lowest BCUT2D eigenvalue weighted by atomic mass is 9.97. The molecule has 2 heterocycles. The first-order chi connectivity index (χ1) is 17.7. The number of carbonyl (C=O) groups excluding carboxylic acids is 2. The number of alkyl halides is 3. The van der Waals surface area contributed by atoms with E-state index in [9.17, 15) is 22.8 Å². The van der Waals surface area contributed by atoms with Crippen molar-refractivity contribution in [2.24, 2.45) is 13.0 Å². The number of fused-ring (bicyclic) bond motifs is 1. The quantitative estimate of drug-likeness (QED) is 0.457. The molecule has 1 unspecified atom stereocenters. The number of benzene rings is 1. The van der Waals surface area contributed by atoms with Crippen molar-refractivity contribution in [3.63, 3.8) is 0 Å². The number of anilines is 3. The molecule has 1 aromatic carbocycles. The summed E-state index contributed by atoms with van der Waals surface area (Å²) in [6.07, 6.45) is -1.95. The van der Waals surface area contributed by atoms with E-state index in [4.69, 9.17) is 8.85 Å². The highest BCUT2D eigenvalue weighted by molar-refractivity contribution is 6.04. The highest BCUT2D eigenvalue weighted by Gasteiger charge is 2.39. The predicted octanol–water partition coefficient (Wildman–Crippen LogP) is 4.09. The highest BCUT2D eigenvalue weighted by atomic mass is 19.4. The molecule has 186 valence electrons. The summed E-state index contributed by atoms with van der Waals surface area (Å²) in [5.41, 5.74) is 0.149. The molecule has 1 aliphatic carbocycles. The maximum Gasteiger partial charge on any atom is 0.395 e. The van der Waals surface area contributed by atoms with Gasteiger partial charge in [0.1, 0.15) is 11.6 Å². The van der Waals surface area contributed by atoms with Gasteiger partial charge < -0.3 is 20.7 Å². The van der Waals surface area contributed by atoms with Crippen LogP contribution < -0.4 is 20.7 Å². The van der Waals surface area contributed by atoms with Crippen LogP contribution in [0, 0.1) is 5.92 Å². The zero-order valence-corrected chi connectivity index (χ0v) is 19.1. The van der Waals surface area contributed by atoms with Crippen LogP contribution in [-0.4, -0.2) is 46.8 Å². The Morgan fingerprint density at radius 3 is 2.69 bits per heavy atom. The molecule has 4 rings (SSSR count). The van der Waals surface area contributed by atoms with Gasteiger partial charge in [-0.1, -0.05) is 6.07 Å². The predicted molar refractivity (Wildman–Crippen MR) is 124 cm³/mol. The van der Waals surface area contributed by atoms with Gasteiger partial charge in [0.25, 0.3) is 5.91 Å². The number of nitrogens with zero attached hydrogens (tertiary/aromatic N) is 3. The summed E-state index contributed by atoms with van der Waals surface area (Å²) in [5, 5.41) is 12.0. The number of methoxy groups -OCH3 is 1. The van der Waals surface area contributed by atoms with E-state index in [0.717, 1.165) is 26.0 Å². The van der Waals surface area contributed by atoms with Crippen LogP contribution in [0.25, 0.3) is 10.9 Å². The molecular formula is C23H25F3N6O3. The van der Waals surface area contributed by atoms with Gasteiger partial charge in [0.2, 0.25) is 5.91 Å². The van der Waals surface area contributed by atoms with Crippen molar-refractivity contribution >= 4 is 40.0 Å². The second-order valence-electron chi connectivity index (χ2n) is 8.28. The molecule has 0 saturated heterocycles. The minimum absolute atomic E-state index is 0.0178. The van der Waals surface area contributed by atoms with E-state index in [1.54, 1.807) is 7.05 Å². The van der Waals surface area contributed by atoms with Gasteiger partial charge >= 0.3 is 6.18 Å². The highest BCUT2D eigenvalue weighted by Crippen LogP contribution is 2.44. The Morgan fingerprint density at radius 1 is 1.31 bits per heavy atom. The molecule has 0 bridgehead atoms. The monoisotopic (exact) mass is 493 g/mol. The average Bonchev–Trinajstić information content (AvgIpc) is 3.61. The number of aromatic nitrogens is 3. The number of halogens is 3. The first kappa shape index (κ1) is 20.5. The minimum Gasteiger partial charge on any atom is -0.496 e. The Hall–Kier alpha value is -3.83. The number of ether oxygens (including phenoxy) is 1. The Kier molecular flexibility index (Phi) is 5.33. The normalized spacial score (nSPS) is 16.1. The summed E-state index contributed by atoms with van der Waals surface area (Å²) in [5.74, 6) is -3.15. The van der Waals surface area contributed by atoms with Gasteiger partial charge in [-0.3, -0.25) is 14.3 Å². The summed E-state index contributed by atoms with van der Waals surface area (Å²) in [7, 11) is 2.82. The molecule has 3 aromatic rings. The number of hydrogen-bond donors (Lipinski definition) is 3. The third-order valence-electron chi connectivity index (χ3n) is 5.88. The van der Waals surface area contributed by atoms with E-state index < -0.39 is 25.0 Å². The standard InChI is InChI=1S/C23H25F3N6O3/c1-11(23(24,25)26)13-7-8-16-18(19(13)35-4)20(31-32(16)3)29-15-9-17(30-21(33)12-5-6-12)28-10-14(15)22(34)27-2/h7-12H,5-6H2,1-4H3,(H,27,34)(H2,28,29,30,31,33)/i2D3. The number of nitrogens with one attached hydrogen (secondary N) is 3. The topological polar surface area (TPSA) is 110 Å². The van der Waals surface area contributed by atoms with Gasteiger partial charge in [-0.15, -0.1) is 0 Å². The van der Waals surface area contributed by atoms with Crippen LogP contribution in [0.5, 0.6) is 5.75 Å². The molecular weight excluding hydrogens is 465 g/mol. The number of carbonyl (C=O) groups is 2. The summed E-state index contributed by atoms with van der Waals surface area (Å²) in [6.45, 7) is -1.78. The van der Waals surface area contributed by atoms with Crippen LogP contribution in [0.15, 0.2) is 24.4 Å². The van der Waals surface area contributed by atoms with Crippen molar-refractivity contribution in [1.29, 1.82) is 0 Å². The molecule has 1 aliphatic rings. The van der Waals surface area contributed by atoms with Crippen molar-refractivity contribution < 1.29 is 31.6 Å². The fraction of sp³-hybridized carbons (Fsp3) is 0.391. The van der Waals surface area contributed by atoms with E-state index in [2.05, 4.69) is 20.7 Å². The van der Waals surface area contributed by atoms with Crippen LogP contribution in [0.4, 0.5) is 30.5 Å². The molecule has 35 heavy (non-hydrogen) atoms. The van der Waals surface area contributed by atoms with E-state index in [-0.39, 0.29) is 51.4 Å². The second kappa shape index (κ2) is 9.08. The van der Waals surface area contributed by atoms with E-state index >= 15 is 0 Å². The van der Waals surface area contributed by atoms with Crippen LogP contribution in [0.3, 0.4) is 0 Å². The third-order valence-corrected chi connectivity index (χ3v) is 5.88. The number of amides is 2. The molecule has 1 saturated carbocycles. The lowest BCUT2D eigenvalue weighted by molar-refractivity contribution is -0.146. The molecule has 0 spiro atoms. The van der Waals surface area contributed by atoms with Crippen LogP contribution in [0.1, 0.15) is 45.7 Å². The largest absolute Gasteiger partial charge is 0.496 e. The van der Waals surface area contributed by atoms with Crippen molar-refractivity contribution in [3.05, 3.63) is 35.5 Å². The fourth-order valence-corrected chi connectivity index (χ4v) is 3.74. The number of rotatable bonds is 7. The lowest BCUT2D eigenvalue weighted by Crippen LogP contribution is -2.20. The average molecular weight is 494 g/mol. The maximum atomic E-state index is 13.6.